The van der Waals surface area contributed by atoms with E-state index in [1.54, 1.807) is 0 Å². The number of rotatable bonds is 0. The van der Waals surface area contributed by atoms with Crippen molar-refractivity contribution in [3.05, 3.63) is 0 Å². The molecule has 0 atom stereocenters. The Morgan fingerprint density at radius 2 is 1.00 bits per heavy atom. The van der Waals surface area contributed by atoms with Gasteiger partial charge in [-0.1, -0.05) is 7.43 Å². The fourth-order valence-electron chi connectivity index (χ4n) is 0. The summed E-state index contributed by atoms with van der Waals surface area (Å²) in [6, 6.07) is 0. The molecule has 0 aliphatic heterocycles. The smallest absolute Gasteiger partial charge is 0 e. The zero-order valence-corrected chi connectivity index (χ0v) is 6.74. The monoisotopic (exact) mass is 361 g/mol. The average Bonchev–Trinajstić information content (AvgIpc) is 0. The summed E-state index contributed by atoms with van der Waals surface area (Å²) in [6.45, 7) is 0. The molecule has 0 aromatic rings. The predicted molar refractivity (Wildman–Crippen MR) is 6.73 cm³/mol. The molecule has 0 radical (unpaired) electrons. The maximum absolute atomic E-state index is 0. The van der Waals surface area contributed by atoms with Gasteiger partial charge in [0, 0.05) is 62.3 Å². The molecule has 0 rings (SSSR count). The fraction of sp³-hybridized carbons (Fsp3) is 1.00. The minimum absolute atomic E-state index is 0. The second-order valence-corrected chi connectivity index (χ2v) is 0. The third-order valence-electron chi connectivity index (χ3n) is 0. The molecule has 0 aromatic heterocycles. The first-order chi connectivity index (χ1) is 0. The van der Waals surface area contributed by atoms with Crippen molar-refractivity contribution >= 4 is 0 Å². The molecular weight excluding hydrogens is 356 g/mol. The van der Waals surface area contributed by atoms with Gasteiger partial charge >= 0.3 is 0 Å². The van der Waals surface area contributed by atoms with Gasteiger partial charge in [-0.3, -0.25) is 0 Å². The predicted octanol–water partition coefficient (Wildman–Crippen LogP) is 0.629. The van der Waals surface area contributed by atoms with E-state index in [0.717, 1.165) is 0 Å². The van der Waals surface area contributed by atoms with E-state index in [-0.39, 0.29) is 69.7 Å². The summed E-state index contributed by atoms with van der Waals surface area (Å²) in [5.41, 5.74) is 0. The summed E-state index contributed by atoms with van der Waals surface area (Å²) in [4.78, 5) is 0. The third kappa shape index (κ3) is 8.98. The van der Waals surface area contributed by atoms with Crippen LogP contribution in [0.25, 0.3) is 0 Å². The van der Waals surface area contributed by atoms with E-state index in [1.807, 2.05) is 0 Å². The van der Waals surface area contributed by atoms with Gasteiger partial charge < -0.3 is 0 Å². The second-order valence-electron chi connectivity index (χ2n) is 0. The first-order valence-corrected chi connectivity index (χ1v) is 0. The molecule has 0 N–H and O–H groups in total. The van der Waals surface area contributed by atoms with E-state index in [0.29, 0.717) is 0 Å². The van der Waals surface area contributed by atoms with E-state index in [9.17, 15) is 0 Å². The molecule has 0 spiro atoms. The van der Waals surface area contributed by atoms with Crippen LogP contribution in [0.5, 0.6) is 0 Å². The number of hydrogen-bond acceptors (Lipinski definition) is 0. The first kappa shape index (κ1) is 37.1. The van der Waals surface area contributed by atoms with Crippen LogP contribution in [-0.2, 0) is 62.3 Å². The van der Waals surface area contributed by atoms with Crippen LogP contribution in [0, 0.1) is 0 Å². The molecule has 0 aliphatic rings. The fourth-order valence-corrected chi connectivity index (χ4v) is 0. The molecule has 0 fully saturated rings. The van der Waals surface area contributed by atoms with Crippen LogP contribution in [0.15, 0.2) is 0 Å². The molecule has 0 unspecified atom stereocenters. The van der Waals surface area contributed by atoms with E-state index in [4.69, 9.17) is 0 Å². The van der Waals surface area contributed by atoms with Crippen molar-refractivity contribution in [1.82, 2.24) is 0 Å². The molecule has 0 aliphatic carbocycles. The van der Waals surface area contributed by atoms with Crippen LogP contribution in [0.1, 0.15) is 7.43 Å². The summed E-state index contributed by atoms with van der Waals surface area (Å²) >= 11 is 0. The SMILES string of the molecule is C.[Pt].[Ru].[Ti]. The Balaban J connectivity index is 0. The van der Waals surface area contributed by atoms with Crippen LogP contribution < -0.4 is 0 Å². The normalized spacial score (nSPS) is 0. The summed E-state index contributed by atoms with van der Waals surface area (Å²) in [7, 11) is 0. The molecule has 0 aromatic carbocycles. The zero-order chi connectivity index (χ0) is 0. The molecule has 0 amide bonds. The Bertz CT molecular complexity index is 8.00. The molecule has 4 heavy (non-hydrogen) atoms. The van der Waals surface area contributed by atoms with Gasteiger partial charge in [-0.15, -0.1) is 0 Å². The van der Waals surface area contributed by atoms with Crippen molar-refractivity contribution in [1.29, 1.82) is 0 Å². The van der Waals surface area contributed by atoms with Gasteiger partial charge in [-0.05, 0) is 0 Å². The molecule has 0 saturated heterocycles. The zero-order valence-electron chi connectivity index (χ0n) is 1.17. The molecule has 3 heteroatoms. The van der Waals surface area contributed by atoms with Crippen molar-refractivity contribution in [2.24, 2.45) is 0 Å². The summed E-state index contributed by atoms with van der Waals surface area (Å²) < 4.78 is 0. The van der Waals surface area contributed by atoms with Crippen LogP contribution in [-0.4, -0.2) is 0 Å². The van der Waals surface area contributed by atoms with Crippen molar-refractivity contribution in [2.75, 3.05) is 0 Å². The Hall–Kier alpha value is 2.03. The van der Waals surface area contributed by atoms with Crippen molar-refractivity contribution in [2.45, 2.75) is 7.43 Å². The molecule has 30 valence electrons. The van der Waals surface area contributed by atoms with Gasteiger partial charge in [0.2, 0.25) is 0 Å². The maximum atomic E-state index is 0. The van der Waals surface area contributed by atoms with Gasteiger partial charge in [0.1, 0.15) is 0 Å². The Kier molecular flexibility index (Phi) is 184. The molecule has 0 nitrogen and oxygen atoms in total. The van der Waals surface area contributed by atoms with Crippen LogP contribution in [0.2, 0.25) is 0 Å². The third-order valence-corrected chi connectivity index (χ3v) is 0. The topological polar surface area (TPSA) is 0 Å². The van der Waals surface area contributed by atoms with E-state index < -0.39 is 0 Å². The Morgan fingerprint density at radius 3 is 1.00 bits per heavy atom. The van der Waals surface area contributed by atoms with Gasteiger partial charge in [0.25, 0.3) is 0 Å². The minimum atomic E-state index is 0. The first-order valence-electron chi connectivity index (χ1n) is 0. The quantitative estimate of drug-likeness (QED) is 0.556. The average molecular weight is 360 g/mol. The molecule has 0 saturated carbocycles. The van der Waals surface area contributed by atoms with Crippen molar-refractivity contribution in [3.63, 3.8) is 0 Å². The van der Waals surface area contributed by atoms with Crippen molar-refractivity contribution in [3.8, 4) is 0 Å². The van der Waals surface area contributed by atoms with Gasteiger partial charge in [-0.2, -0.15) is 0 Å². The minimum Gasteiger partial charge on any atom is -0.0776 e. The van der Waals surface area contributed by atoms with Gasteiger partial charge in [-0.25, -0.2) is 0 Å². The van der Waals surface area contributed by atoms with Crippen molar-refractivity contribution < 1.29 is 62.3 Å². The molecular formula is CH4PtRuTi. The standard InChI is InChI=1S/CH4.Pt.Ru.Ti/h1H4;;;. The second kappa shape index (κ2) is 19.8. The van der Waals surface area contributed by atoms with Crippen LogP contribution in [0.3, 0.4) is 0 Å². The van der Waals surface area contributed by atoms with Crippen LogP contribution >= 0.6 is 0 Å². The molecule has 0 heterocycles. The van der Waals surface area contributed by atoms with Gasteiger partial charge in [0.05, 0.1) is 0 Å². The van der Waals surface area contributed by atoms with Crippen LogP contribution in [0.4, 0.5) is 0 Å². The van der Waals surface area contributed by atoms with E-state index in [2.05, 4.69) is 0 Å². The van der Waals surface area contributed by atoms with Gasteiger partial charge in [0.15, 0.2) is 0 Å². The number of hydrogen-bond donors (Lipinski definition) is 0. The largest absolute Gasteiger partial charge is 0.0776 e. The summed E-state index contributed by atoms with van der Waals surface area (Å²) in [5.74, 6) is 0. The van der Waals surface area contributed by atoms with E-state index in [1.165, 1.54) is 0 Å². The Morgan fingerprint density at radius 1 is 1.00 bits per heavy atom. The summed E-state index contributed by atoms with van der Waals surface area (Å²) in [5, 5.41) is 0. The van der Waals surface area contributed by atoms with E-state index >= 15 is 0 Å². The molecule has 0 bridgehead atoms. The Labute approximate surface area is 69.0 Å². The summed E-state index contributed by atoms with van der Waals surface area (Å²) in [6.07, 6.45) is 0. The maximum Gasteiger partial charge on any atom is 0 e.